The number of carbonyl (C=O) groups excluding carboxylic acids is 2. The molecule has 230 valence electrons. The predicted octanol–water partition coefficient (Wildman–Crippen LogP) is 7.33. The molecule has 0 aliphatic heterocycles. The van der Waals surface area contributed by atoms with Crippen molar-refractivity contribution in [3.8, 4) is 0 Å². The van der Waals surface area contributed by atoms with E-state index in [0.717, 1.165) is 35.6 Å². The lowest BCUT2D eigenvalue weighted by Gasteiger charge is -2.34. The summed E-state index contributed by atoms with van der Waals surface area (Å²) in [5, 5.41) is 4.11. The molecule has 1 atom stereocenters. The number of rotatable bonds is 11. The van der Waals surface area contributed by atoms with Crippen LogP contribution in [0.25, 0.3) is 0 Å². The van der Waals surface area contributed by atoms with Crippen LogP contribution in [0.2, 0.25) is 15.1 Å². The number of hydrogen-bond donors (Lipinski definition) is 1. The van der Waals surface area contributed by atoms with E-state index in [1.165, 1.54) is 23.1 Å². The number of carbonyl (C=O) groups is 2. The molecule has 1 aliphatic carbocycles. The highest BCUT2D eigenvalue weighted by Crippen LogP contribution is 2.31. The molecule has 11 heteroatoms. The molecule has 3 aromatic rings. The summed E-state index contributed by atoms with van der Waals surface area (Å²) in [6, 6.07) is 15.6. The number of nitrogens with zero attached hydrogens (tertiary/aromatic N) is 2. The molecule has 0 radical (unpaired) electrons. The van der Waals surface area contributed by atoms with Gasteiger partial charge in [-0.25, -0.2) is 8.42 Å². The van der Waals surface area contributed by atoms with Crippen LogP contribution in [0.1, 0.15) is 55.7 Å². The van der Waals surface area contributed by atoms with Gasteiger partial charge in [0.25, 0.3) is 10.0 Å². The molecule has 1 unspecified atom stereocenters. The summed E-state index contributed by atoms with van der Waals surface area (Å²) in [6.07, 6.45) is 4.18. The van der Waals surface area contributed by atoms with Gasteiger partial charge in [0.1, 0.15) is 12.6 Å². The Morgan fingerprint density at radius 2 is 1.60 bits per heavy atom. The van der Waals surface area contributed by atoms with Gasteiger partial charge in [0.2, 0.25) is 11.8 Å². The summed E-state index contributed by atoms with van der Waals surface area (Å²) in [4.78, 5) is 29.4. The van der Waals surface area contributed by atoms with Crippen LogP contribution in [0.4, 0.5) is 5.69 Å². The summed E-state index contributed by atoms with van der Waals surface area (Å²) < 4.78 is 29.3. The molecule has 2 amide bonds. The largest absolute Gasteiger partial charge is 0.352 e. The monoisotopic (exact) mass is 663 g/mol. The Morgan fingerprint density at radius 1 is 0.930 bits per heavy atom. The molecule has 4 rings (SSSR count). The first-order valence-electron chi connectivity index (χ1n) is 14.3. The molecule has 3 aromatic carbocycles. The van der Waals surface area contributed by atoms with E-state index in [0.29, 0.717) is 32.6 Å². The van der Waals surface area contributed by atoms with E-state index in [9.17, 15) is 18.0 Å². The minimum absolute atomic E-state index is 0.0270. The summed E-state index contributed by atoms with van der Waals surface area (Å²) in [7, 11) is -4.21. The lowest BCUT2D eigenvalue weighted by Crippen LogP contribution is -2.53. The number of anilines is 1. The highest BCUT2D eigenvalue weighted by Gasteiger charge is 2.35. The Kier molecular flexibility index (Phi) is 11.0. The van der Waals surface area contributed by atoms with Crippen molar-refractivity contribution in [2.24, 2.45) is 0 Å². The van der Waals surface area contributed by atoms with Crippen molar-refractivity contribution in [2.45, 2.75) is 76.4 Å². The van der Waals surface area contributed by atoms with E-state index >= 15 is 0 Å². The van der Waals surface area contributed by atoms with Crippen LogP contribution in [0.5, 0.6) is 0 Å². The molecule has 0 saturated heterocycles. The van der Waals surface area contributed by atoms with Crippen LogP contribution >= 0.6 is 34.8 Å². The lowest BCUT2D eigenvalue weighted by molar-refractivity contribution is -0.140. The van der Waals surface area contributed by atoms with E-state index in [1.807, 2.05) is 13.8 Å². The van der Waals surface area contributed by atoms with Crippen LogP contribution in [0.15, 0.2) is 65.6 Å². The number of aryl methyl sites for hydroxylation is 2. The molecule has 1 saturated carbocycles. The smallest absolute Gasteiger partial charge is 0.264 e. The average molecular weight is 665 g/mol. The van der Waals surface area contributed by atoms with Gasteiger partial charge in [-0.3, -0.25) is 13.9 Å². The summed E-state index contributed by atoms with van der Waals surface area (Å²) in [5.41, 5.74) is 2.45. The van der Waals surface area contributed by atoms with Crippen molar-refractivity contribution in [1.29, 1.82) is 0 Å². The van der Waals surface area contributed by atoms with E-state index < -0.39 is 28.5 Å². The van der Waals surface area contributed by atoms with Crippen LogP contribution in [-0.2, 0) is 26.2 Å². The normalized spacial score (nSPS) is 14.4. The lowest BCUT2D eigenvalue weighted by atomic mass is 10.1. The number of amides is 2. The third-order valence-electron chi connectivity index (χ3n) is 7.75. The van der Waals surface area contributed by atoms with Gasteiger partial charge in [-0.05, 0) is 80.6 Å². The number of benzene rings is 3. The SMILES string of the molecule is CCC(C(=O)NC1CCCC1)N(Cc1ccc(Cl)c(Cl)c1)C(=O)CN(c1cc(Cl)ccc1C)S(=O)(=O)c1ccc(C)cc1. The summed E-state index contributed by atoms with van der Waals surface area (Å²) in [5.74, 6) is -0.816. The zero-order chi connectivity index (χ0) is 31.3. The molecule has 7 nitrogen and oxygen atoms in total. The van der Waals surface area contributed by atoms with E-state index in [2.05, 4.69) is 5.32 Å². The molecule has 0 spiro atoms. The fraction of sp³-hybridized carbons (Fsp3) is 0.375. The second-order valence-corrected chi connectivity index (χ2v) is 14.1. The van der Waals surface area contributed by atoms with E-state index in [1.54, 1.807) is 49.4 Å². The van der Waals surface area contributed by atoms with Gasteiger partial charge in [-0.2, -0.15) is 0 Å². The van der Waals surface area contributed by atoms with Gasteiger partial charge in [0, 0.05) is 17.6 Å². The molecule has 0 aromatic heterocycles. The van der Waals surface area contributed by atoms with Gasteiger partial charge in [-0.15, -0.1) is 0 Å². The fourth-order valence-corrected chi connectivity index (χ4v) is 7.28. The third-order valence-corrected chi connectivity index (χ3v) is 10.5. The number of halogens is 3. The van der Waals surface area contributed by atoms with E-state index in [-0.39, 0.29) is 29.1 Å². The van der Waals surface area contributed by atoms with Gasteiger partial charge >= 0.3 is 0 Å². The Labute approximate surface area is 269 Å². The highest BCUT2D eigenvalue weighted by molar-refractivity contribution is 7.92. The first-order chi connectivity index (χ1) is 20.4. The zero-order valence-corrected chi connectivity index (χ0v) is 27.5. The first-order valence-corrected chi connectivity index (χ1v) is 16.9. The second-order valence-electron chi connectivity index (χ2n) is 10.9. The van der Waals surface area contributed by atoms with Crippen molar-refractivity contribution in [3.63, 3.8) is 0 Å². The average Bonchev–Trinajstić information content (AvgIpc) is 3.48. The number of sulfonamides is 1. The van der Waals surface area contributed by atoms with Crippen molar-refractivity contribution in [1.82, 2.24) is 10.2 Å². The van der Waals surface area contributed by atoms with Crippen LogP contribution in [0, 0.1) is 13.8 Å². The number of hydrogen-bond acceptors (Lipinski definition) is 4. The Hall–Kier alpha value is -2.78. The minimum Gasteiger partial charge on any atom is -0.352 e. The molecule has 43 heavy (non-hydrogen) atoms. The van der Waals surface area contributed by atoms with Gasteiger partial charge in [0.15, 0.2) is 0 Å². The van der Waals surface area contributed by atoms with Gasteiger partial charge in [0.05, 0.1) is 20.6 Å². The molecular formula is C32H36Cl3N3O4S. The maximum atomic E-state index is 14.3. The van der Waals surface area contributed by atoms with Crippen molar-refractivity contribution >= 4 is 62.3 Å². The predicted molar refractivity (Wildman–Crippen MR) is 173 cm³/mol. The topological polar surface area (TPSA) is 86.8 Å². The molecule has 1 N–H and O–H groups in total. The number of nitrogens with one attached hydrogen (secondary N) is 1. The Bertz CT molecular complexity index is 1580. The van der Waals surface area contributed by atoms with Gasteiger partial charge in [-0.1, -0.05) is 84.4 Å². The zero-order valence-electron chi connectivity index (χ0n) is 24.4. The molecular weight excluding hydrogens is 629 g/mol. The summed E-state index contributed by atoms with van der Waals surface area (Å²) in [6.45, 7) is 4.92. The van der Waals surface area contributed by atoms with Crippen molar-refractivity contribution < 1.29 is 18.0 Å². The maximum absolute atomic E-state index is 14.3. The quantitative estimate of drug-likeness (QED) is 0.233. The minimum atomic E-state index is -4.21. The highest BCUT2D eigenvalue weighted by atomic mass is 35.5. The first kappa shape index (κ1) is 33.1. The molecule has 0 bridgehead atoms. The van der Waals surface area contributed by atoms with Crippen molar-refractivity contribution in [2.75, 3.05) is 10.8 Å². The standard InChI is InChI=1S/C32H36Cl3N3O4S/c1-4-29(32(40)36-25-7-5-6-8-25)37(19-23-12-16-27(34)28(35)17-23)31(39)20-38(30-18-24(33)13-11-22(30)3)43(41,42)26-14-9-21(2)10-15-26/h9-18,25,29H,4-8,19-20H2,1-3H3,(H,36,40). The van der Waals surface area contributed by atoms with Crippen LogP contribution in [0.3, 0.4) is 0 Å². The molecule has 0 heterocycles. The van der Waals surface area contributed by atoms with Crippen LogP contribution < -0.4 is 9.62 Å². The van der Waals surface area contributed by atoms with Crippen LogP contribution in [-0.4, -0.2) is 43.8 Å². The van der Waals surface area contributed by atoms with Crippen molar-refractivity contribution in [3.05, 3.63) is 92.4 Å². The fourth-order valence-electron chi connectivity index (χ4n) is 5.32. The maximum Gasteiger partial charge on any atom is 0.264 e. The molecule has 1 fully saturated rings. The summed E-state index contributed by atoms with van der Waals surface area (Å²) >= 11 is 18.7. The molecule has 1 aliphatic rings. The Morgan fingerprint density at radius 3 is 2.23 bits per heavy atom. The second kappa shape index (κ2) is 14.3. The van der Waals surface area contributed by atoms with Gasteiger partial charge < -0.3 is 10.2 Å². The Balaban J connectivity index is 1.76. The van der Waals surface area contributed by atoms with E-state index in [4.69, 9.17) is 34.8 Å². The third kappa shape index (κ3) is 8.04.